The highest BCUT2D eigenvalue weighted by molar-refractivity contribution is 7.00. The lowest BCUT2D eigenvalue weighted by Crippen LogP contribution is -2.59. The number of nitrogens with zero attached hydrogens (tertiary/aromatic N) is 2. The molecule has 4 nitrogen and oxygen atoms in total. The molecular weight excluding hydrogens is 730 g/mol. The minimum absolute atomic E-state index is 0.00589. The molecular formula is C54H32B2N2O2. The highest BCUT2D eigenvalue weighted by Crippen LogP contribution is 2.47. The van der Waals surface area contributed by atoms with Crippen LogP contribution in [0.5, 0.6) is 23.0 Å². The maximum absolute atomic E-state index is 6.68. The van der Waals surface area contributed by atoms with Crippen LogP contribution >= 0.6 is 0 Å². The van der Waals surface area contributed by atoms with Gasteiger partial charge in [-0.25, -0.2) is 0 Å². The van der Waals surface area contributed by atoms with Crippen molar-refractivity contribution in [2.75, 3.05) is 9.80 Å². The Kier molecular flexibility index (Phi) is 6.42. The molecule has 0 saturated carbocycles. The molecule has 6 heteroatoms. The van der Waals surface area contributed by atoms with E-state index in [9.17, 15) is 0 Å². The van der Waals surface area contributed by atoms with E-state index in [0.717, 1.165) is 45.7 Å². The number of benzene rings is 10. The maximum atomic E-state index is 6.68. The predicted octanol–water partition coefficient (Wildman–Crippen LogP) is 9.96. The lowest BCUT2D eigenvalue weighted by molar-refractivity contribution is 0.487. The molecule has 276 valence electrons. The molecule has 0 aromatic heterocycles. The Balaban J connectivity index is 1.13. The van der Waals surface area contributed by atoms with Crippen molar-refractivity contribution in [1.82, 2.24) is 0 Å². The number of hydrogen-bond donors (Lipinski definition) is 0. The molecule has 10 aromatic rings. The van der Waals surface area contributed by atoms with Gasteiger partial charge in [0.05, 0.1) is 0 Å². The van der Waals surface area contributed by atoms with Gasteiger partial charge < -0.3 is 19.3 Å². The summed E-state index contributed by atoms with van der Waals surface area (Å²) in [6.07, 6.45) is 0. The van der Waals surface area contributed by atoms with Crippen molar-refractivity contribution in [1.29, 1.82) is 0 Å². The van der Waals surface area contributed by atoms with Gasteiger partial charge in [-0.05, 0) is 138 Å². The summed E-state index contributed by atoms with van der Waals surface area (Å²) in [6, 6.07) is 70.7. The first-order chi connectivity index (χ1) is 29.8. The molecule has 0 radical (unpaired) electrons. The van der Waals surface area contributed by atoms with Crippen molar-refractivity contribution < 1.29 is 9.47 Å². The summed E-state index contributed by atoms with van der Waals surface area (Å²) in [5, 5.41) is 7.44. The Morgan fingerprint density at radius 1 is 0.283 bits per heavy atom. The first-order valence-electron chi connectivity index (χ1n) is 20.7. The molecule has 60 heavy (non-hydrogen) atoms. The Labute approximate surface area is 347 Å². The van der Waals surface area contributed by atoms with E-state index >= 15 is 0 Å². The number of hydrogen-bond acceptors (Lipinski definition) is 4. The molecule has 4 aliphatic rings. The smallest absolute Gasteiger partial charge is 0.256 e. The van der Waals surface area contributed by atoms with Crippen LogP contribution in [0, 0.1) is 0 Å². The first kappa shape index (κ1) is 32.3. The van der Waals surface area contributed by atoms with Crippen LogP contribution in [0.3, 0.4) is 0 Å². The summed E-state index contributed by atoms with van der Waals surface area (Å²) in [5.74, 6) is 3.66. The molecule has 0 spiro atoms. The highest BCUT2D eigenvalue weighted by atomic mass is 16.5. The van der Waals surface area contributed by atoms with E-state index in [1.165, 1.54) is 76.5 Å². The van der Waals surface area contributed by atoms with Crippen LogP contribution in [-0.4, -0.2) is 13.4 Å². The van der Waals surface area contributed by atoms with E-state index < -0.39 is 0 Å². The van der Waals surface area contributed by atoms with Crippen LogP contribution in [-0.2, 0) is 0 Å². The van der Waals surface area contributed by atoms with E-state index in [4.69, 9.17) is 9.47 Å². The molecule has 0 saturated heterocycles. The minimum Gasteiger partial charge on any atom is -0.458 e. The second kappa shape index (κ2) is 11.9. The lowest BCUT2D eigenvalue weighted by atomic mass is 9.34. The standard InChI is InChI=1S/C54H32B2N2O2/c1-3-15-33(16-4-1)57-45-23-13-27-51-53(45)55(41-21-9-11-25-49(41)59-51)43-29-37-35-19-7-8-20-36(35)38-30-44-48(32-40(38)39(37)31-47(43)57)58(34-17-5-2-6-18-34)46-24-14-28-52-54(46)56(44)42-22-10-12-26-50(42)60-52/h1-32H. The average Bonchev–Trinajstić information content (AvgIpc) is 3.31. The van der Waals surface area contributed by atoms with E-state index in [2.05, 4.69) is 204 Å². The normalized spacial score (nSPS) is 13.8. The molecule has 4 heterocycles. The zero-order valence-corrected chi connectivity index (χ0v) is 32.3. The van der Waals surface area contributed by atoms with Gasteiger partial charge in [-0.15, -0.1) is 0 Å². The predicted molar refractivity (Wildman–Crippen MR) is 251 cm³/mol. The van der Waals surface area contributed by atoms with Crippen LogP contribution in [0.1, 0.15) is 0 Å². The monoisotopic (exact) mass is 762 g/mol. The Hall–Kier alpha value is -7.69. The molecule has 0 N–H and O–H groups in total. The summed E-state index contributed by atoms with van der Waals surface area (Å²) in [6.45, 7) is 0.0118. The summed E-state index contributed by atoms with van der Waals surface area (Å²) in [4.78, 5) is 4.90. The second-order valence-electron chi connectivity index (χ2n) is 16.3. The van der Waals surface area contributed by atoms with Gasteiger partial charge in [-0.3, -0.25) is 0 Å². The molecule has 0 bridgehead atoms. The molecule has 14 rings (SSSR count). The Morgan fingerprint density at radius 3 is 1.13 bits per heavy atom. The third-order valence-corrected chi connectivity index (χ3v) is 13.3. The van der Waals surface area contributed by atoms with Crippen LogP contribution in [0.25, 0.3) is 32.3 Å². The third kappa shape index (κ3) is 4.27. The van der Waals surface area contributed by atoms with Crippen molar-refractivity contribution in [3.63, 3.8) is 0 Å². The fourth-order valence-electron chi connectivity index (χ4n) is 10.9. The Morgan fingerprint density at radius 2 is 0.667 bits per heavy atom. The van der Waals surface area contributed by atoms with Gasteiger partial charge in [-0.1, -0.05) is 121 Å². The van der Waals surface area contributed by atoms with Crippen molar-refractivity contribution in [3.05, 3.63) is 194 Å². The van der Waals surface area contributed by atoms with Crippen LogP contribution in [0.15, 0.2) is 194 Å². The van der Waals surface area contributed by atoms with Crippen molar-refractivity contribution >= 4 is 113 Å². The number of ether oxygens (including phenoxy) is 2. The number of fused-ring (bicyclic) bond motifs is 14. The van der Waals surface area contributed by atoms with E-state index in [0.29, 0.717) is 0 Å². The number of rotatable bonds is 2. The minimum atomic E-state index is 0.00589. The van der Waals surface area contributed by atoms with Gasteiger partial charge in [0.2, 0.25) is 0 Å². The molecule has 0 aliphatic carbocycles. The average molecular weight is 762 g/mol. The second-order valence-corrected chi connectivity index (χ2v) is 16.3. The summed E-state index contributed by atoms with van der Waals surface area (Å²) in [7, 11) is 0. The quantitative estimate of drug-likeness (QED) is 0.129. The van der Waals surface area contributed by atoms with Crippen molar-refractivity contribution in [3.8, 4) is 23.0 Å². The lowest BCUT2D eigenvalue weighted by Gasteiger charge is -2.41. The fraction of sp³-hybridized carbons (Fsp3) is 0. The van der Waals surface area contributed by atoms with Crippen LogP contribution < -0.4 is 52.1 Å². The molecule has 4 aliphatic heterocycles. The topological polar surface area (TPSA) is 24.9 Å². The van der Waals surface area contributed by atoms with Gasteiger partial charge in [0.15, 0.2) is 0 Å². The van der Waals surface area contributed by atoms with Crippen molar-refractivity contribution in [2.24, 2.45) is 0 Å². The molecule has 0 atom stereocenters. The zero-order chi connectivity index (χ0) is 39.1. The molecule has 0 unspecified atom stereocenters. The summed E-state index contributed by atoms with van der Waals surface area (Å²) >= 11 is 0. The van der Waals surface area contributed by atoms with Gasteiger partial charge in [0.25, 0.3) is 13.4 Å². The van der Waals surface area contributed by atoms with Crippen LogP contribution in [0.4, 0.5) is 34.1 Å². The fourth-order valence-corrected chi connectivity index (χ4v) is 10.9. The molecule has 0 fully saturated rings. The molecule has 10 aromatic carbocycles. The van der Waals surface area contributed by atoms with E-state index in [-0.39, 0.29) is 13.4 Å². The van der Waals surface area contributed by atoms with Gasteiger partial charge in [0.1, 0.15) is 23.0 Å². The summed E-state index contributed by atoms with van der Waals surface area (Å²) in [5.41, 5.74) is 14.2. The highest BCUT2D eigenvalue weighted by Gasteiger charge is 2.44. The van der Waals surface area contributed by atoms with Gasteiger partial charge in [-0.2, -0.15) is 0 Å². The van der Waals surface area contributed by atoms with Crippen molar-refractivity contribution in [2.45, 2.75) is 0 Å². The number of para-hydroxylation sites is 4. The largest absolute Gasteiger partial charge is 0.458 e. The number of anilines is 6. The SMILES string of the molecule is c1ccc(N2c3cc4c(cc3B3c5ccccc5Oc5cccc2c53)c2ccccc2c2cc3c(cc24)N(c2ccccc2)c2cccc4c2B3c2ccccc2O4)cc1. The van der Waals surface area contributed by atoms with E-state index in [1.54, 1.807) is 0 Å². The third-order valence-electron chi connectivity index (χ3n) is 13.3. The molecule has 0 amide bonds. The maximum Gasteiger partial charge on any atom is 0.256 e. The zero-order valence-electron chi connectivity index (χ0n) is 32.3. The van der Waals surface area contributed by atoms with Crippen LogP contribution in [0.2, 0.25) is 0 Å². The first-order valence-corrected chi connectivity index (χ1v) is 20.7. The summed E-state index contributed by atoms with van der Waals surface area (Å²) < 4.78 is 13.4. The van der Waals surface area contributed by atoms with Gasteiger partial charge in [0, 0.05) is 34.1 Å². The van der Waals surface area contributed by atoms with E-state index in [1.807, 2.05) is 0 Å². The Bertz CT molecular complexity index is 3250. The van der Waals surface area contributed by atoms with Gasteiger partial charge >= 0.3 is 0 Å².